The molecule has 0 aliphatic carbocycles. The van der Waals surface area contributed by atoms with E-state index in [9.17, 15) is 63.9 Å². The highest BCUT2D eigenvalue weighted by molar-refractivity contribution is 14.1. The summed E-state index contributed by atoms with van der Waals surface area (Å²) in [5.41, 5.74) is 6.99. The van der Waals surface area contributed by atoms with E-state index >= 15 is 0 Å². The highest BCUT2D eigenvalue weighted by atomic mass is 127. The average Bonchev–Trinajstić information content (AvgIpc) is 1.54. The van der Waals surface area contributed by atoms with Gasteiger partial charge in [0, 0.05) is 36.1 Å². The van der Waals surface area contributed by atoms with E-state index in [0.717, 1.165) is 101 Å². The molecule has 5 N–H and O–H groups in total. The van der Waals surface area contributed by atoms with Crippen LogP contribution in [0.2, 0.25) is 0 Å². The fraction of sp³-hybridized carbons (Fsp3) is 0.262. The number of anilines is 4. The Hall–Kier alpha value is -9.61. The van der Waals surface area contributed by atoms with Crippen molar-refractivity contribution in [1.29, 1.82) is 0 Å². The number of nitrogens with two attached hydrogens (primary N) is 1. The van der Waals surface area contributed by atoms with E-state index in [0.29, 0.717) is 26.8 Å². The minimum atomic E-state index is -1.12. The Balaban J connectivity index is 0.000000181. The maximum Gasteiger partial charge on any atom is 0.494 e. The first kappa shape index (κ1) is 92.9. The number of nitrogen functional groups attached to an aromatic ring is 1. The molecule has 2 aromatic heterocycles. The maximum absolute atomic E-state index is 13.7. The van der Waals surface area contributed by atoms with E-state index in [1.165, 1.54) is 55.1 Å². The zero-order valence-electron chi connectivity index (χ0n) is 66.4. The third-order valence-electron chi connectivity index (χ3n) is 19.6. The van der Waals surface area contributed by atoms with Crippen molar-refractivity contribution in [2.24, 2.45) is 0 Å². The van der Waals surface area contributed by atoms with E-state index in [4.69, 9.17) is 50.0 Å². The number of methoxy groups -OCH3 is 2. The Morgan fingerprint density at radius 1 is 0.385 bits per heavy atom. The number of aryl methyl sites for hydroxylation is 2. The van der Waals surface area contributed by atoms with E-state index in [-0.39, 0.29) is 24.3 Å². The number of esters is 2. The lowest BCUT2D eigenvalue weighted by Gasteiger charge is -2.32. The van der Waals surface area contributed by atoms with Crippen LogP contribution in [0.15, 0.2) is 182 Å². The molecular weight excluding hydrogens is 1700 g/mol. The van der Waals surface area contributed by atoms with Crippen LogP contribution in [-0.4, -0.2) is 104 Å². The van der Waals surface area contributed by atoms with E-state index in [1.807, 2.05) is 127 Å². The molecule has 0 atom stereocenters. The van der Waals surface area contributed by atoms with Crippen LogP contribution in [0, 0.1) is 64.0 Å². The molecular formula is C84H83B3ClF8IN4O14S2. The predicted octanol–water partition coefficient (Wildman–Crippen LogP) is 18.4. The van der Waals surface area contributed by atoms with Gasteiger partial charge in [0.25, 0.3) is 23.0 Å². The third-order valence-corrected chi connectivity index (χ3v) is 23.3. The van der Waals surface area contributed by atoms with Crippen molar-refractivity contribution in [3.05, 3.63) is 274 Å². The largest absolute Gasteiger partial charge is 0.494 e. The van der Waals surface area contributed by atoms with Crippen molar-refractivity contribution in [1.82, 2.24) is 0 Å². The van der Waals surface area contributed by atoms with Crippen molar-refractivity contribution < 1.29 is 101 Å². The summed E-state index contributed by atoms with van der Waals surface area (Å²) in [4.78, 5) is 72.7. The van der Waals surface area contributed by atoms with E-state index in [1.54, 1.807) is 78.9 Å². The number of halogens is 10. The Kier molecular flexibility index (Phi) is 30.9. The predicted molar refractivity (Wildman–Crippen MR) is 449 cm³/mol. The fourth-order valence-electron chi connectivity index (χ4n) is 10.8. The molecule has 3 fully saturated rings. The van der Waals surface area contributed by atoms with Crippen molar-refractivity contribution in [2.75, 3.05) is 35.9 Å². The summed E-state index contributed by atoms with van der Waals surface area (Å²) in [6.07, 6.45) is 0. The number of carbonyl (C=O) groups is 6. The van der Waals surface area contributed by atoms with Gasteiger partial charge in [-0.25, -0.2) is 44.7 Å². The zero-order chi connectivity index (χ0) is 86.6. The Morgan fingerprint density at radius 2 is 0.632 bits per heavy atom. The van der Waals surface area contributed by atoms with E-state index < -0.39 is 134 Å². The number of hydrogen-bond donors (Lipinski definition) is 4. The number of carbonyl (C=O) groups excluding carboxylic acids is 6. The van der Waals surface area contributed by atoms with Crippen LogP contribution in [-0.2, 0) is 37.4 Å². The van der Waals surface area contributed by atoms with Gasteiger partial charge in [0.15, 0.2) is 0 Å². The van der Waals surface area contributed by atoms with Crippen molar-refractivity contribution in [2.45, 2.75) is 131 Å². The van der Waals surface area contributed by atoms with Crippen LogP contribution < -0.4 is 38.1 Å². The summed E-state index contributed by atoms with van der Waals surface area (Å²) in [5, 5.41) is 6.33. The number of ether oxygens (including phenoxy) is 2. The first-order chi connectivity index (χ1) is 54.7. The van der Waals surface area contributed by atoms with Gasteiger partial charge < -0.3 is 59.1 Å². The molecule has 3 amide bonds. The van der Waals surface area contributed by atoms with Gasteiger partial charge in [-0.2, -0.15) is 0 Å². The molecule has 0 radical (unpaired) electrons. The Morgan fingerprint density at radius 3 is 0.880 bits per heavy atom. The molecule has 3 saturated heterocycles. The first-order valence-electron chi connectivity index (χ1n) is 35.9. The SMILES string of the molecule is CC1(C)OB(c2ccc(N)cc2)OC1(C)C.CC1(C)OB(c2ccc(NC(=O)c3c(F)cccc3F)cc2)OC1(C)C.CC1(C)OB(c2ccc(NC(=O)c3c(F)cccc3F)cc2)OC1(C)C.COC(=O)c1cc(-c2ccc(NC(=O)c3c(F)cccc3F)cc2)c(C)s1.COC(=O)c1cc(I)c(C)s1.O=C(Cl)c1c(F)cccc1F. The lowest BCUT2D eigenvalue weighted by Crippen LogP contribution is -2.41. The standard InChI is InChI=1S/C20H15F2NO3S.2C19H20BF2NO3.C12H18BNO2.C7H3ClF2O.C7H7IO2S/c1-11-14(10-17(27-11)20(25)26-2)12-6-8-13(9-7-12)23-19(24)18-15(21)4-3-5-16(18)22;2*1-18(2)19(3,4)26-20(25-18)12-8-10-13(11-9-12)23-17(24)16-14(21)6-5-7-15(16)22;1-11(2)12(3,4)16-13(15-11)9-5-7-10(14)8-6-9;8-7(11)6-4(9)2-1-3-5(6)10;1-4-5(8)3-6(11-4)7(9)10-2/h3-10H,1-2H3,(H,23,24);2*5-11H,1-4H3,(H,23,24);5-8H,14H2,1-4H3;1-3H;3H,1-2H3. The fourth-order valence-corrected chi connectivity index (χ4v) is 13.6. The zero-order valence-corrected chi connectivity index (χ0v) is 71.0. The normalized spacial score (nSPS) is 15.3. The second-order valence-corrected chi connectivity index (χ2v) is 33.4. The molecule has 33 heteroatoms. The Bertz CT molecular complexity index is 4970. The number of benzene rings is 8. The monoisotopic (exact) mass is 1780 g/mol. The van der Waals surface area contributed by atoms with Gasteiger partial charge in [-0.3, -0.25) is 19.2 Å². The van der Waals surface area contributed by atoms with Gasteiger partial charge in [0.05, 0.1) is 47.8 Å². The molecule has 0 spiro atoms. The Labute approximate surface area is 700 Å². The van der Waals surface area contributed by atoms with Gasteiger partial charge in [-0.1, -0.05) is 72.8 Å². The third kappa shape index (κ3) is 23.2. The van der Waals surface area contributed by atoms with Gasteiger partial charge in [0.1, 0.15) is 78.5 Å². The summed E-state index contributed by atoms with van der Waals surface area (Å²) in [7, 11) is 1.38. The highest BCUT2D eigenvalue weighted by Crippen LogP contribution is 2.40. The van der Waals surface area contributed by atoms with Crippen LogP contribution in [0.1, 0.15) is 154 Å². The summed E-state index contributed by atoms with van der Waals surface area (Å²) < 4.78 is 153. The molecule has 117 heavy (non-hydrogen) atoms. The van der Waals surface area contributed by atoms with Crippen molar-refractivity contribution in [3.63, 3.8) is 0 Å². The molecule has 3 aliphatic heterocycles. The molecule has 8 aromatic carbocycles. The molecule has 0 unspecified atom stereocenters. The second kappa shape index (κ2) is 38.9. The molecule has 10 aromatic rings. The molecule has 5 heterocycles. The first-order valence-corrected chi connectivity index (χ1v) is 39.0. The highest BCUT2D eigenvalue weighted by Gasteiger charge is 2.54. The van der Waals surface area contributed by atoms with Crippen LogP contribution >= 0.6 is 56.9 Å². The minimum absolute atomic E-state index is 0.249. The number of amides is 3. The van der Waals surface area contributed by atoms with Gasteiger partial charge in [0.2, 0.25) is 0 Å². The quantitative estimate of drug-likeness (QED) is 0.0210. The summed E-state index contributed by atoms with van der Waals surface area (Å²) >= 11 is 9.89. The van der Waals surface area contributed by atoms with E-state index in [2.05, 4.69) is 43.3 Å². The lowest BCUT2D eigenvalue weighted by atomic mass is 9.79. The van der Waals surface area contributed by atoms with Crippen LogP contribution in [0.25, 0.3) is 11.1 Å². The van der Waals surface area contributed by atoms with Gasteiger partial charge in [-0.15, -0.1) is 22.7 Å². The second-order valence-electron chi connectivity index (χ2n) is 29.4. The molecule has 0 bridgehead atoms. The number of hydrogen-bond acceptors (Lipinski definition) is 17. The van der Waals surface area contributed by atoms with Crippen LogP contribution in [0.3, 0.4) is 0 Å². The number of rotatable bonds is 13. The molecule has 3 aliphatic rings. The number of thiophene rings is 2. The molecule has 18 nitrogen and oxygen atoms in total. The molecule has 0 saturated carbocycles. The molecule has 614 valence electrons. The van der Waals surface area contributed by atoms with Gasteiger partial charge in [-0.05, 0) is 268 Å². The topological polar surface area (TPSA) is 238 Å². The van der Waals surface area contributed by atoms with Crippen molar-refractivity contribution in [3.8, 4) is 11.1 Å². The maximum atomic E-state index is 13.7. The lowest BCUT2D eigenvalue weighted by molar-refractivity contribution is 0.00578. The average molecular weight is 1780 g/mol. The molecule has 13 rings (SSSR count). The minimum Gasteiger partial charge on any atom is -0.465 e. The summed E-state index contributed by atoms with van der Waals surface area (Å²) in [5.74, 6) is -10.5. The smallest absolute Gasteiger partial charge is 0.465 e. The number of nitrogens with one attached hydrogen (secondary N) is 3. The summed E-state index contributed by atoms with van der Waals surface area (Å²) in [6.45, 7) is 27.8. The van der Waals surface area contributed by atoms with Crippen LogP contribution in [0.5, 0.6) is 0 Å². The van der Waals surface area contributed by atoms with Crippen molar-refractivity contribution >= 4 is 152 Å². The summed E-state index contributed by atoms with van der Waals surface area (Å²) in [6, 6.07) is 44.4. The van der Waals surface area contributed by atoms with Crippen LogP contribution in [0.4, 0.5) is 57.9 Å². The van der Waals surface area contributed by atoms with Gasteiger partial charge >= 0.3 is 33.3 Å².